The zero-order valence-corrected chi connectivity index (χ0v) is 20.1. The third-order valence-corrected chi connectivity index (χ3v) is 6.61. The van der Waals surface area contributed by atoms with Crippen molar-refractivity contribution >= 4 is 57.2 Å². The molecule has 0 spiro atoms. The number of carbonyl (C=O) groups excluding carboxylic acids is 1. The molecule has 1 amide bonds. The molecule has 4 aromatic rings. The van der Waals surface area contributed by atoms with Gasteiger partial charge in [0, 0.05) is 27.4 Å². The Kier molecular flexibility index (Phi) is 7.00. The molecule has 1 unspecified atom stereocenters. The molecule has 34 heavy (non-hydrogen) atoms. The Morgan fingerprint density at radius 1 is 1.15 bits per heavy atom. The van der Waals surface area contributed by atoms with Gasteiger partial charge in [0.1, 0.15) is 17.2 Å². The van der Waals surface area contributed by atoms with E-state index in [4.69, 9.17) is 20.4 Å². The molecule has 4 rings (SSSR count). The minimum atomic E-state index is -1.11. The lowest BCUT2D eigenvalue weighted by molar-refractivity contribution is -0.141. The Balaban J connectivity index is 1.71. The van der Waals surface area contributed by atoms with Crippen molar-refractivity contribution in [2.45, 2.75) is 25.8 Å². The predicted octanol–water partition coefficient (Wildman–Crippen LogP) is 5.03. The Morgan fingerprint density at radius 3 is 2.56 bits per heavy atom. The van der Waals surface area contributed by atoms with Crippen molar-refractivity contribution in [3.05, 3.63) is 69.2 Å². The summed E-state index contributed by atoms with van der Waals surface area (Å²) in [5.74, 6) is -1.07. The first-order valence-electron chi connectivity index (χ1n) is 10.5. The van der Waals surface area contributed by atoms with Gasteiger partial charge in [0.05, 0.1) is 18.2 Å². The fraction of sp³-hybridized carbons (Fsp3) is 0.240. The van der Waals surface area contributed by atoms with Crippen LogP contribution in [0, 0.1) is 6.92 Å². The molecule has 0 bridgehead atoms. The lowest BCUT2D eigenvalue weighted by Crippen LogP contribution is -2.42. The molecule has 2 aromatic heterocycles. The number of fused-ring (bicyclic) bond motifs is 2. The normalized spacial score (nSPS) is 12.2. The third-order valence-electron chi connectivity index (χ3n) is 5.72. The lowest BCUT2D eigenvalue weighted by atomic mass is 9.99. The second-order valence-electron chi connectivity index (χ2n) is 7.91. The van der Waals surface area contributed by atoms with E-state index in [0.717, 1.165) is 16.5 Å². The van der Waals surface area contributed by atoms with E-state index in [-0.39, 0.29) is 12.0 Å². The molecule has 0 saturated carbocycles. The highest BCUT2D eigenvalue weighted by atomic mass is 35.5. The molecular weight excluding hydrogens is 478 g/mol. The highest BCUT2D eigenvalue weighted by molar-refractivity contribution is 7.98. The van der Waals surface area contributed by atoms with E-state index in [1.807, 2.05) is 24.5 Å². The van der Waals surface area contributed by atoms with E-state index < -0.39 is 23.5 Å². The van der Waals surface area contributed by atoms with E-state index in [1.165, 1.54) is 11.8 Å². The molecule has 0 radical (unpaired) electrons. The van der Waals surface area contributed by atoms with Gasteiger partial charge in [0.2, 0.25) is 5.91 Å². The van der Waals surface area contributed by atoms with Gasteiger partial charge >= 0.3 is 11.6 Å². The maximum atomic E-state index is 12.7. The number of nitrogens with one attached hydrogen (secondary N) is 1. The molecule has 2 heterocycles. The first-order chi connectivity index (χ1) is 16.3. The number of amides is 1. The van der Waals surface area contributed by atoms with Crippen LogP contribution in [-0.2, 0) is 16.0 Å². The average Bonchev–Trinajstić information content (AvgIpc) is 3.21. The number of rotatable bonds is 8. The summed E-state index contributed by atoms with van der Waals surface area (Å²) in [5, 5.41) is 14.0. The number of carboxylic acid groups (broad SMARTS) is 1. The standard InChI is InChI=1S/C25H22ClNO6S/c1-13-16-9-18-19(14-3-5-15(26)6-4-14)12-32-21(18)11-22(16)33-25(31)17(13)10-23(28)27-20(24(29)30)7-8-34-2/h3-6,9,11-12,20H,7-8,10H2,1-2H3,(H,27,28)(H,29,30). The Morgan fingerprint density at radius 2 is 1.88 bits per heavy atom. The largest absolute Gasteiger partial charge is 0.480 e. The van der Waals surface area contributed by atoms with Crippen molar-refractivity contribution in [2.24, 2.45) is 0 Å². The SMILES string of the molecule is CSCCC(NC(=O)Cc1c(C)c2cc3c(-c4ccc(Cl)cc4)coc3cc2oc1=O)C(=O)O. The van der Waals surface area contributed by atoms with Gasteiger partial charge in [0.15, 0.2) is 0 Å². The summed E-state index contributed by atoms with van der Waals surface area (Å²) in [6.45, 7) is 1.75. The minimum Gasteiger partial charge on any atom is -0.480 e. The number of carbonyl (C=O) groups is 2. The van der Waals surface area contributed by atoms with Crippen LogP contribution >= 0.6 is 23.4 Å². The molecular formula is C25H22ClNO6S. The van der Waals surface area contributed by atoms with Gasteiger partial charge in [-0.3, -0.25) is 4.79 Å². The summed E-state index contributed by atoms with van der Waals surface area (Å²) in [7, 11) is 0. The Labute approximate surface area is 204 Å². The molecule has 0 saturated heterocycles. The maximum absolute atomic E-state index is 12.7. The first-order valence-corrected chi connectivity index (χ1v) is 12.3. The Bertz CT molecular complexity index is 1440. The highest BCUT2D eigenvalue weighted by Gasteiger charge is 2.22. The zero-order chi connectivity index (χ0) is 24.4. The summed E-state index contributed by atoms with van der Waals surface area (Å²) in [4.78, 5) is 36.7. The van der Waals surface area contributed by atoms with Crippen molar-refractivity contribution in [3.63, 3.8) is 0 Å². The van der Waals surface area contributed by atoms with Crippen LogP contribution in [0.15, 0.2) is 56.3 Å². The fourth-order valence-electron chi connectivity index (χ4n) is 3.87. The quantitative estimate of drug-likeness (QED) is 0.327. The number of aliphatic carboxylic acids is 1. The molecule has 0 fully saturated rings. The van der Waals surface area contributed by atoms with Gasteiger partial charge in [-0.15, -0.1) is 0 Å². The number of thioether (sulfide) groups is 1. The Hall–Kier alpha value is -3.23. The van der Waals surface area contributed by atoms with Crippen LogP contribution in [0.5, 0.6) is 0 Å². The second-order valence-corrected chi connectivity index (χ2v) is 9.33. The summed E-state index contributed by atoms with van der Waals surface area (Å²) in [6, 6.07) is 9.88. The van der Waals surface area contributed by atoms with Gasteiger partial charge in [-0.25, -0.2) is 9.59 Å². The van der Waals surface area contributed by atoms with Crippen molar-refractivity contribution in [2.75, 3.05) is 12.0 Å². The topological polar surface area (TPSA) is 110 Å². The van der Waals surface area contributed by atoms with Crippen molar-refractivity contribution in [3.8, 4) is 11.1 Å². The van der Waals surface area contributed by atoms with Gasteiger partial charge in [-0.2, -0.15) is 11.8 Å². The number of furan rings is 1. The van der Waals surface area contributed by atoms with E-state index in [1.54, 1.807) is 31.4 Å². The minimum absolute atomic E-state index is 0.190. The number of benzene rings is 2. The van der Waals surface area contributed by atoms with Crippen molar-refractivity contribution in [1.82, 2.24) is 5.32 Å². The molecule has 9 heteroatoms. The van der Waals surface area contributed by atoms with Gasteiger partial charge in [0.25, 0.3) is 0 Å². The summed E-state index contributed by atoms with van der Waals surface area (Å²) in [5.41, 5.74) is 2.83. The molecule has 2 N–H and O–H groups in total. The molecule has 1 atom stereocenters. The number of carboxylic acids is 1. The second kappa shape index (κ2) is 9.95. The van der Waals surface area contributed by atoms with E-state index in [9.17, 15) is 19.5 Å². The van der Waals surface area contributed by atoms with Crippen LogP contribution in [0.1, 0.15) is 17.5 Å². The first kappa shape index (κ1) is 23.9. The van der Waals surface area contributed by atoms with Crippen LogP contribution in [-0.4, -0.2) is 35.0 Å². The summed E-state index contributed by atoms with van der Waals surface area (Å²) < 4.78 is 11.2. The van der Waals surface area contributed by atoms with Crippen LogP contribution in [0.4, 0.5) is 0 Å². The molecule has 7 nitrogen and oxygen atoms in total. The van der Waals surface area contributed by atoms with E-state index in [0.29, 0.717) is 39.3 Å². The zero-order valence-electron chi connectivity index (χ0n) is 18.5. The third kappa shape index (κ3) is 4.83. The van der Waals surface area contributed by atoms with E-state index in [2.05, 4.69) is 5.32 Å². The number of hydrogen-bond donors (Lipinski definition) is 2. The maximum Gasteiger partial charge on any atom is 0.340 e. The van der Waals surface area contributed by atoms with Gasteiger partial charge < -0.3 is 19.3 Å². The molecule has 2 aromatic carbocycles. The molecule has 0 aliphatic carbocycles. The molecule has 0 aliphatic rings. The lowest BCUT2D eigenvalue weighted by Gasteiger charge is -2.14. The predicted molar refractivity (Wildman–Crippen MR) is 134 cm³/mol. The average molecular weight is 500 g/mol. The fourth-order valence-corrected chi connectivity index (χ4v) is 4.46. The summed E-state index contributed by atoms with van der Waals surface area (Å²) >= 11 is 7.50. The van der Waals surface area contributed by atoms with E-state index >= 15 is 0 Å². The monoisotopic (exact) mass is 499 g/mol. The van der Waals surface area contributed by atoms with Gasteiger partial charge in [-0.1, -0.05) is 23.7 Å². The number of halogens is 1. The van der Waals surface area contributed by atoms with Crippen molar-refractivity contribution < 1.29 is 23.5 Å². The molecule has 176 valence electrons. The van der Waals surface area contributed by atoms with Crippen LogP contribution in [0.2, 0.25) is 5.02 Å². The smallest absolute Gasteiger partial charge is 0.340 e. The highest BCUT2D eigenvalue weighted by Crippen LogP contribution is 2.35. The number of aryl methyl sites for hydroxylation is 1. The summed E-state index contributed by atoms with van der Waals surface area (Å²) in [6.07, 6.45) is 3.51. The van der Waals surface area contributed by atoms with Crippen molar-refractivity contribution in [1.29, 1.82) is 0 Å². The molecule has 0 aliphatic heterocycles. The van der Waals surface area contributed by atoms with Crippen LogP contribution in [0.25, 0.3) is 33.1 Å². The van der Waals surface area contributed by atoms with Crippen LogP contribution in [0.3, 0.4) is 0 Å². The van der Waals surface area contributed by atoms with Crippen LogP contribution < -0.4 is 10.9 Å². The number of hydrogen-bond acceptors (Lipinski definition) is 6. The van der Waals surface area contributed by atoms with Gasteiger partial charge in [-0.05, 0) is 54.7 Å².